The molecule has 1 aliphatic rings. The average Bonchev–Trinajstić information content (AvgIpc) is 3.29. The van der Waals surface area contributed by atoms with Gasteiger partial charge in [0.15, 0.2) is 11.7 Å². The zero-order valence-corrected chi connectivity index (χ0v) is 14.1. The van der Waals surface area contributed by atoms with E-state index in [4.69, 9.17) is 4.42 Å². The van der Waals surface area contributed by atoms with Crippen LogP contribution in [0.1, 0.15) is 41.6 Å². The quantitative estimate of drug-likeness (QED) is 0.844. The fourth-order valence-corrected chi connectivity index (χ4v) is 2.91. The molecular formula is C16H20F3N5O2. The minimum Gasteiger partial charge on any atom is -0.467 e. The Labute approximate surface area is 148 Å². The molecule has 3 heterocycles. The molecule has 1 amide bonds. The molecule has 0 bridgehead atoms. The number of hydrogen-bond acceptors (Lipinski definition) is 5. The molecule has 1 atom stereocenters. The SMILES string of the molecule is O=C(N[C@@H](c1ccco1)C(F)(F)F)c1cn(CCN2CCCCC2)nn1. The van der Waals surface area contributed by atoms with Gasteiger partial charge in [0.2, 0.25) is 0 Å². The van der Waals surface area contributed by atoms with Crippen molar-refractivity contribution in [3.05, 3.63) is 36.0 Å². The zero-order chi connectivity index (χ0) is 18.6. The molecule has 0 aliphatic carbocycles. The Bertz CT molecular complexity index is 708. The van der Waals surface area contributed by atoms with Crippen LogP contribution >= 0.6 is 0 Å². The van der Waals surface area contributed by atoms with Crippen molar-refractivity contribution in [2.75, 3.05) is 19.6 Å². The first-order chi connectivity index (χ1) is 12.4. The van der Waals surface area contributed by atoms with E-state index in [1.807, 2.05) is 5.32 Å². The normalized spacial score (nSPS) is 17.2. The van der Waals surface area contributed by atoms with Gasteiger partial charge < -0.3 is 14.6 Å². The van der Waals surface area contributed by atoms with E-state index in [-0.39, 0.29) is 11.5 Å². The summed E-state index contributed by atoms with van der Waals surface area (Å²) >= 11 is 0. The maximum atomic E-state index is 13.2. The summed E-state index contributed by atoms with van der Waals surface area (Å²) in [7, 11) is 0. The summed E-state index contributed by atoms with van der Waals surface area (Å²) in [6.07, 6.45) is 1.36. The first kappa shape index (κ1) is 18.4. The summed E-state index contributed by atoms with van der Waals surface area (Å²) in [4.78, 5) is 14.4. The Morgan fingerprint density at radius 2 is 2.04 bits per heavy atom. The molecule has 1 saturated heterocycles. The molecule has 0 aromatic carbocycles. The van der Waals surface area contributed by atoms with Crippen molar-refractivity contribution in [3.63, 3.8) is 0 Å². The van der Waals surface area contributed by atoms with Crippen molar-refractivity contribution in [1.82, 2.24) is 25.2 Å². The van der Waals surface area contributed by atoms with E-state index in [2.05, 4.69) is 15.2 Å². The molecule has 142 valence electrons. The van der Waals surface area contributed by atoms with Crippen LogP contribution in [-0.4, -0.2) is 51.6 Å². The van der Waals surface area contributed by atoms with Crippen LogP contribution in [0.2, 0.25) is 0 Å². The van der Waals surface area contributed by atoms with E-state index >= 15 is 0 Å². The highest BCUT2D eigenvalue weighted by Crippen LogP contribution is 2.33. The Balaban J connectivity index is 1.60. The van der Waals surface area contributed by atoms with Gasteiger partial charge in [0.05, 0.1) is 19.0 Å². The van der Waals surface area contributed by atoms with E-state index in [0.29, 0.717) is 6.54 Å². The number of likely N-dealkylation sites (tertiary alicyclic amines) is 1. The Hall–Kier alpha value is -2.36. The van der Waals surface area contributed by atoms with Crippen molar-refractivity contribution in [2.45, 2.75) is 38.0 Å². The molecular weight excluding hydrogens is 351 g/mol. The topological polar surface area (TPSA) is 76.2 Å². The lowest BCUT2D eigenvalue weighted by molar-refractivity contribution is -0.159. The average molecular weight is 371 g/mol. The van der Waals surface area contributed by atoms with Crippen molar-refractivity contribution in [1.29, 1.82) is 0 Å². The summed E-state index contributed by atoms with van der Waals surface area (Å²) in [6, 6.07) is 0.258. The lowest BCUT2D eigenvalue weighted by Gasteiger charge is -2.25. The van der Waals surface area contributed by atoms with E-state index < -0.39 is 18.1 Å². The number of furan rings is 1. The number of alkyl halides is 3. The number of hydrogen-bond donors (Lipinski definition) is 1. The number of rotatable bonds is 6. The van der Waals surface area contributed by atoms with Crippen LogP contribution in [0, 0.1) is 0 Å². The third-order valence-electron chi connectivity index (χ3n) is 4.30. The Kier molecular flexibility index (Phi) is 5.60. The molecule has 7 nitrogen and oxygen atoms in total. The maximum Gasteiger partial charge on any atom is 0.415 e. The third kappa shape index (κ3) is 4.63. The summed E-state index contributed by atoms with van der Waals surface area (Å²) < 4.78 is 45.8. The van der Waals surface area contributed by atoms with E-state index in [1.165, 1.54) is 23.4 Å². The lowest BCUT2D eigenvalue weighted by Crippen LogP contribution is -2.38. The van der Waals surface area contributed by atoms with Crippen LogP contribution in [0.15, 0.2) is 29.0 Å². The van der Waals surface area contributed by atoms with Crippen LogP contribution in [0.4, 0.5) is 13.2 Å². The zero-order valence-electron chi connectivity index (χ0n) is 14.1. The molecule has 0 spiro atoms. The van der Waals surface area contributed by atoms with Gasteiger partial charge >= 0.3 is 6.18 Å². The number of aromatic nitrogens is 3. The fraction of sp³-hybridized carbons (Fsp3) is 0.562. The van der Waals surface area contributed by atoms with Gasteiger partial charge in [-0.15, -0.1) is 5.10 Å². The largest absolute Gasteiger partial charge is 0.467 e. The second-order valence-corrected chi connectivity index (χ2v) is 6.23. The summed E-state index contributed by atoms with van der Waals surface area (Å²) in [6.45, 7) is 3.35. The van der Waals surface area contributed by atoms with Gasteiger partial charge in [-0.2, -0.15) is 13.2 Å². The summed E-state index contributed by atoms with van der Waals surface area (Å²) in [5.74, 6) is -1.34. The Morgan fingerprint density at radius 3 is 2.69 bits per heavy atom. The maximum absolute atomic E-state index is 13.2. The molecule has 26 heavy (non-hydrogen) atoms. The predicted molar refractivity (Wildman–Crippen MR) is 85.3 cm³/mol. The van der Waals surface area contributed by atoms with Crippen molar-refractivity contribution >= 4 is 5.91 Å². The highest BCUT2D eigenvalue weighted by molar-refractivity contribution is 5.92. The third-order valence-corrected chi connectivity index (χ3v) is 4.30. The minimum atomic E-state index is -4.68. The first-order valence-electron chi connectivity index (χ1n) is 8.47. The van der Waals surface area contributed by atoms with Crippen LogP contribution < -0.4 is 5.32 Å². The van der Waals surface area contributed by atoms with Gasteiger partial charge in [-0.05, 0) is 38.1 Å². The first-order valence-corrected chi connectivity index (χ1v) is 8.47. The molecule has 10 heteroatoms. The molecule has 1 fully saturated rings. The molecule has 0 unspecified atom stereocenters. The minimum absolute atomic E-state index is 0.163. The monoisotopic (exact) mass is 371 g/mol. The lowest BCUT2D eigenvalue weighted by atomic mass is 10.1. The van der Waals surface area contributed by atoms with E-state index in [1.54, 1.807) is 0 Å². The van der Waals surface area contributed by atoms with Crippen molar-refractivity contribution in [3.8, 4) is 0 Å². The van der Waals surface area contributed by atoms with Crippen molar-refractivity contribution in [2.24, 2.45) is 0 Å². The number of nitrogens with zero attached hydrogens (tertiary/aromatic N) is 4. The Morgan fingerprint density at radius 1 is 1.27 bits per heavy atom. The number of amides is 1. The molecule has 2 aromatic rings. The summed E-state index contributed by atoms with van der Waals surface area (Å²) in [5, 5.41) is 9.42. The second-order valence-electron chi connectivity index (χ2n) is 6.23. The molecule has 3 rings (SSSR count). The molecule has 1 aliphatic heterocycles. The van der Waals surface area contributed by atoms with E-state index in [9.17, 15) is 18.0 Å². The van der Waals surface area contributed by atoms with Gasteiger partial charge in [0.25, 0.3) is 5.91 Å². The highest BCUT2D eigenvalue weighted by Gasteiger charge is 2.44. The molecule has 2 aromatic heterocycles. The fourth-order valence-electron chi connectivity index (χ4n) is 2.91. The van der Waals surface area contributed by atoms with Gasteiger partial charge in [-0.3, -0.25) is 9.48 Å². The standard InChI is InChI=1S/C16H20F3N5O2/c17-16(18,19)14(13-5-4-10-26-13)20-15(25)12-11-24(22-21-12)9-8-23-6-2-1-3-7-23/h4-5,10-11,14H,1-3,6-9H2,(H,20,25)/t14-/m0/s1. The number of carbonyl (C=O) groups is 1. The molecule has 0 radical (unpaired) electrons. The van der Waals surface area contributed by atoms with Gasteiger partial charge in [0, 0.05) is 6.54 Å². The van der Waals surface area contributed by atoms with Crippen molar-refractivity contribution < 1.29 is 22.4 Å². The predicted octanol–water partition coefficient (Wildman–Crippen LogP) is 2.39. The highest BCUT2D eigenvalue weighted by atomic mass is 19.4. The van der Waals surface area contributed by atoms with Gasteiger partial charge in [0.1, 0.15) is 5.76 Å². The van der Waals surface area contributed by atoms with Crippen LogP contribution in [0.25, 0.3) is 0 Å². The van der Waals surface area contributed by atoms with Crippen LogP contribution in [-0.2, 0) is 6.54 Å². The molecule has 1 N–H and O–H groups in total. The number of piperidine rings is 1. The summed E-state index contributed by atoms with van der Waals surface area (Å²) in [5.41, 5.74) is -0.163. The smallest absolute Gasteiger partial charge is 0.415 e. The van der Waals surface area contributed by atoms with E-state index in [0.717, 1.165) is 44.8 Å². The van der Waals surface area contributed by atoms with Crippen LogP contribution in [0.5, 0.6) is 0 Å². The number of carbonyl (C=O) groups excluding carboxylic acids is 1. The van der Waals surface area contributed by atoms with Crippen LogP contribution in [0.3, 0.4) is 0 Å². The number of halogens is 3. The molecule has 0 saturated carbocycles. The number of nitrogens with one attached hydrogen (secondary N) is 1. The second kappa shape index (κ2) is 7.90. The van der Waals surface area contributed by atoms with Gasteiger partial charge in [-0.1, -0.05) is 11.6 Å². The van der Waals surface area contributed by atoms with Gasteiger partial charge in [-0.25, -0.2) is 0 Å².